The van der Waals surface area contributed by atoms with Gasteiger partial charge in [-0.3, -0.25) is 4.79 Å². The molecule has 0 spiro atoms. The minimum absolute atomic E-state index is 0.0111. The Kier molecular flexibility index (Phi) is 7.89. The molecule has 6 heteroatoms. The molecule has 1 fully saturated rings. The maximum Gasteiger partial charge on any atom is 0.244 e. The van der Waals surface area contributed by atoms with Gasteiger partial charge in [0.2, 0.25) is 5.91 Å². The van der Waals surface area contributed by atoms with Crippen molar-refractivity contribution >= 4 is 22.9 Å². The van der Waals surface area contributed by atoms with E-state index in [-0.39, 0.29) is 18.1 Å². The maximum absolute atomic E-state index is 13.0. The van der Waals surface area contributed by atoms with Gasteiger partial charge < -0.3 is 20.3 Å². The third-order valence-corrected chi connectivity index (χ3v) is 6.03. The van der Waals surface area contributed by atoms with Crippen LogP contribution in [0.1, 0.15) is 43.6 Å². The summed E-state index contributed by atoms with van der Waals surface area (Å²) in [4.78, 5) is 16.2. The molecule has 28 heavy (non-hydrogen) atoms. The molecule has 0 radical (unpaired) electrons. The molecule has 1 unspecified atom stereocenters. The Balaban J connectivity index is 1.77. The van der Waals surface area contributed by atoms with Crippen LogP contribution in [-0.4, -0.2) is 38.6 Å². The third-order valence-electron chi connectivity index (χ3n) is 5.06. The second-order valence-electron chi connectivity index (χ2n) is 7.11. The summed E-state index contributed by atoms with van der Waals surface area (Å²) in [5.41, 5.74) is 0.922. The van der Waals surface area contributed by atoms with Crippen LogP contribution in [0.15, 0.2) is 41.8 Å². The first-order valence-electron chi connectivity index (χ1n) is 10.2. The van der Waals surface area contributed by atoms with Crippen LogP contribution < -0.4 is 20.3 Å². The van der Waals surface area contributed by atoms with Gasteiger partial charge in [-0.25, -0.2) is 0 Å². The number of likely N-dealkylation sites (N-methyl/N-ethyl adjacent to an activating group) is 1. The molecule has 2 N–H and O–H groups in total. The first-order chi connectivity index (χ1) is 13.7. The predicted octanol–water partition coefficient (Wildman–Crippen LogP) is 3.97. The van der Waals surface area contributed by atoms with E-state index in [1.165, 1.54) is 4.88 Å². The molecule has 3 rings (SSSR count). The number of carbonyl (C=O) groups excluding carboxylic acids is 1. The van der Waals surface area contributed by atoms with Gasteiger partial charge in [-0.1, -0.05) is 19.1 Å². The fourth-order valence-corrected chi connectivity index (χ4v) is 4.42. The number of ether oxygens (including phenoxy) is 1. The van der Waals surface area contributed by atoms with E-state index in [2.05, 4.69) is 28.1 Å². The molecule has 1 aliphatic rings. The fourth-order valence-electron chi connectivity index (χ4n) is 3.63. The summed E-state index contributed by atoms with van der Waals surface area (Å²) in [6.45, 7) is 4.50. The molecule has 5 nitrogen and oxygen atoms in total. The smallest absolute Gasteiger partial charge is 0.244 e. The van der Waals surface area contributed by atoms with E-state index in [4.69, 9.17) is 4.74 Å². The van der Waals surface area contributed by atoms with Crippen LogP contribution in [0.25, 0.3) is 0 Å². The molecule has 1 aliphatic heterocycles. The molecule has 0 bridgehead atoms. The van der Waals surface area contributed by atoms with Crippen molar-refractivity contribution in [3.8, 4) is 5.75 Å². The summed E-state index contributed by atoms with van der Waals surface area (Å²) in [6, 6.07) is 12.1. The Morgan fingerprint density at radius 1 is 1.29 bits per heavy atom. The van der Waals surface area contributed by atoms with Gasteiger partial charge in [-0.2, -0.15) is 0 Å². The normalized spacial score (nSPS) is 18.7. The van der Waals surface area contributed by atoms with E-state index in [1.54, 1.807) is 11.3 Å². The maximum atomic E-state index is 13.0. The topological polar surface area (TPSA) is 53.6 Å². The Labute approximate surface area is 172 Å². The zero-order valence-electron chi connectivity index (χ0n) is 16.8. The first kappa shape index (κ1) is 20.8. The van der Waals surface area contributed by atoms with Crippen molar-refractivity contribution in [2.24, 2.45) is 0 Å². The number of nitrogens with one attached hydrogen (secondary N) is 2. The van der Waals surface area contributed by atoms with Crippen molar-refractivity contribution < 1.29 is 9.53 Å². The molecule has 1 amide bonds. The van der Waals surface area contributed by atoms with Crippen molar-refractivity contribution in [2.45, 2.75) is 44.8 Å². The number of hydrogen-bond donors (Lipinski definition) is 2. The number of carbonyl (C=O) groups is 1. The Morgan fingerprint density at radius 3 is 2.93 bits per heavy atom. The summed E-state index contributed by atoms with van der Waals surface area (Å²) in [7, 11) is 1.96. The number of nitrogens with zero attached hydrogens (tertiary/aromatic N) is 1. The standard InChI is InChI=1S/C22H31N3O2S/c1-3-24-19-10-4-5-14-25(22(19)26)17-8-6-9-18(16-17)27-20(12-13-23-2)21-11-7-15-28-21/h6-9,11,15-16,19-20,23-24H,3-5,10,12-14H2,1-2H3/t19-,20?/m1/s1. The lowest BCUT2D eigenvalue weighted by Crippen LogP contribution is -2.45. The average Bonchev–Trinajstić information content (AvgIpc) is 3.18. The number of thiophene rings is 1. The lowest BCUT2D eigenvalue weighted by atomic mass is 10.1. The van der Waals surface area contributed by atoms with Crippen LogP contribution in [0.5, 0.6) is 5.75 Å². The van der Waals surface area contributed by atoms with Crippen LogP contribution in [-0.2, 0) is 4.79 Å². The zero-order chi connectivity index (χ0) is 19.8. The van der Waals surface area contributed by atoms with E-state index in [9.17, 15) is 4.79 Å². The Morgan fingerprint density at radius 2 is 2.18 bits per heavy atom. The van der Waals surface area contributed by atoms with E-state index in [1.807, 2.05) is 43.1 Å². The van der Waals surface area contributed by atoms with Crippen molar-refractivity contribution in [3.05, 3.63) is 46.7 Å². The van der Waals surface area contributed by atoms with E-state index in [0.717, 1.165) is 56.8 Å². The van der Waals surface area contributed by atoms with Gasteiger partial charge in [-0.05, 0) is 63.0 Å². The Bertz CT molecular complexity index is 735. The summed E-state index contributed by atoms with van der Waals surface area (Å²) >= 11 is 1.72. The lowest BCUT2D eigenvalue weighted by Gasteiger charge is -2.26. The average molecular weight is 402 g/mol. The van der Waals surface area contributed by atoms with Crippen LogP contribution in [0.2, 0.25) is 0 Å². The number of anilines is 1. The third kappa shape index (κ3) is 5.34. The highest BCUT2D eigenvalue weighted by atomic mass is 32.1. The zero-order valence-corrected chi connectivity index (χ0v) is 17.6. The highest BCUT2D eigenvalue weighted by molar-refractivity contribution is 7.10. The van der Waals surface area contributed by atoms with Crippen LogP contribution in [0.4, 0.5) is 5.69 Å². The number of rotatable bonds is 9. The molecular formula is C22H31N3O2S. The number of hydrogen-bond acceptors (Lipinski definition) is 5. The van der Waals surface area contributed by atoms with Gasteiger partial charge in [0, 0.05) is 29.6 Å². The summed E-state index contributed by atoms with van der Waals surface area (Å²) < 4.78 is 6.35. The predicted molar refractivity (Wildman–Crippen MR) is 116 cm³/mol. The van der Waals surface area contributed by atoms with Crippen LogP contribution >= 0.6 is 11.3 Å². The van der Waals surface area contributed by atoms with E-state index in [0.29, 0.717) is 0 Å². The Hall–Kier alpha value is -1.89. The summed E-state index contributed by atoms with van der Waals surface area (Å²) in [5, 5.41) is 8.62. The molecular weight excluding hydrogens is 370 g/mol. The SMILES string of the molecule is CCN[C@@H]1CCCCN(c2cccc(OC(CCNC)c3cccs3)c2)C1=O. The van der Waals surface area contributed by atoms with Gasteiger partial charge in [0.25, 0.3) is 0 Å². The molecule has 152 valence electrons. The monoisotopic (exact) mass is 401 g/mol. The molecule has 1 saturated heterocycles. The molecule has 2 aromatic rings. The van der Waals surface area contributed by atoms with Gasteiger partial charge in [0.05, 0.1) is 6.04 Å². The van der Waals surface area contributed by atoms with Gasteiger partial charge in [0.15, 0.2) is 0 Å². The number of amides is 1. The molecule has 0 saturated carbocycles. The fraction of sp³-hybridized carbons (Fsp3) is 0.500. The van der Waals surface area contributed by atoms with E-state index < -0.39 is 0 Å². The highest BCUT2D eigenvalue weighted by Gasteiger charge is 2.27. The van der Waals surface area contributed by atoms with E-state index >= 15 is 0 Å². The second-order valence-corrected chi connectivity index (χ2v) is 8.09. The second kappa shape index (κ2) is 10.6. The molecule has 1 aromatic heterocycles. The molecule has 0 aliphatic carbocycles. The van der Waals surface area contributed by atoms with Gasteiger partial charge in [-0.15, -0.1) is 11.3 Å². The molecule has 1 aromatic carbocycles. The molecule has 2 heterocycles. The van der Waals surface area contributed by atoms with Crippen LogP contribution in [0, 0.1) is 0 Å². The largest absolute Gasteiger partial charge is 0.485 e. The van der Waals surface area contributed by atoms with Crippen LogP contribution in [0.3, 0.4) is 0 Å². The summed E-state index contributed by atoms with van der Waals surface area (Å²) in [5.74, 6) is 0.977. The minimum Gasteiger partial charge on any atom is -0.485 e. The van der Waals surface area contributed by atoms with Crippen molar-refractivity contribution in [3.63, 3.8) is 0 Å². The number of benzene rings is 1. The highest BCUT2D eigenvalue weighted by Crippen LogP contribution is 2.31. The minimum atomic E-state index is -0.0911. The lowest BCUT2D eigenvalue weighted by molar-refractivity contribution is -0.120. The van der Waals surface area contributed by atoms with Gasteiger partial charge >= 0.3 is 0 Å². The van der Waals surface area contributed by atoms with Crippen molar-refractivity contribution in [2.75, 3.05) is 31.6 Å². The van der Waals surface area contributed by atoms with Crippen molar-refractivity contribution in [1.29, 1.82) is 0 Å². The molecule has 2 atom stereocenters. The van der Waals surface area contributed by atoms with Gasteiger partial charge in [0.1, 0.15) is 11.9 Å². The quantitative estimate of drug-likeness (QED) is 0.668. The van der Waals surface area contributed by atoms with Crippen molar-refractivity contribution in [1.82, 2.24) is 10.6 Å². The summed E-state index contributed by atoms with van der Waals surface area (Å²) in [6.07, 6.45) is 3.91. The first-order valence-corrected chi connectivity index (χ1v) is 11.1.